The Bertz CT molecular complexity index is 102. The SMILES string of the molecule is CCCCOC(CC)COC(C)C. The van der Waals surface area contributed by atoms with Crippen LogP contribution in [0.3, 0.4) is 0 Å². The monoisotopic (exact) mass is 188 g/mol. The minimum atomic E-state index is 0.286. The summed E-state index contributed by atoms with van der Waals surface area (Å²) in [5.74, 6) is 0. The lowest BCUT2D eigenvalue weighted by Gasteiger charge is -2.17. The Labute approximate surface area is 82.6 Å². The summed E-state index contributed by atoms with van der Waals surface area (Å²) in [7, 11) is 0. The van der Waals surface area contributed by atoms with Crippen LogP contribution >= 0.6 is 0 Å². The van der Waals surface area contributed by atoms with Gasteiger partial charge >= 0.3 is 0 Å². The van der Waals surface area contributed by atoms with Crippen molar-refractivity contribution < 1.29 is 9.47 Å². The molecule has 0 heterocycles. The number of hydrogen-bond acceptors (Lipinski definition) is 2. The van der Waals surface area contributed by atoms with Gasteiger partial charge in [-0.1, -0.05) is 20.3 Å². The molecular weight excluding hydrogens is 164 g/mol. The minimum Gasteiger partial charge on any atom is -0.376 e. The van der Waals surface area contributed by atoms with Gasteiger partial charge in [0.2, 0.25) is 0 Å². The van der Waals surface area contributed by atoms with Crippen molar-refractivity contribution in [3.05, 3.63) is 0 Å². The van der Waals surface area contributed by atoms with Crippen molar-refractivity contribution in [2.45, 2.75) is 59.2 Å². The lowest BCUT2D eigenvalue weighted by atomic mass is 10.3. The van der Waals surface area contributed by atoms with Crippen LogP contribution in [0.25, 0.3) is 0 Å². The van der Waals surface area contributed by atoms with Crippen molar-refractivity contribution in [2.75, 3.05) is 13.2 Å². The largest absolute Gasteiger partial charge is 0.376 e. The molecule has 2 nitrogen and oxygen atoms in total. The Kier molecular flexibility index (Phi) is 8.46. The highest BCUT2D eigenvalue weighted by Gasteiger charge is 2.06. The van der Waals surface area contributed by atoms with Crippen LogP contribution in [-0.4, -0.2) is 25.4 Å². The summed E-state index contributed by atoms with van der Waals surface area (Å²) in [6.07, 6.45) is 3.98. The number of ether oxygens (including phenoxy) is 2. The summed E-state index contributed by atoms with van der Waals surface area (Å²) in [5, 5.41) is 0. The average Bonchev–Trinajstić information content (AvgIpc) is 2.10. The van der Waals surface area contributed by atoms with Crippen molar-refractivity contribution in [1.82, 2.24) is 0 Å². The van der Waals surface area contributed by atoms with Gasteiger partial charge in [0.05, 0.1) is 18.8 Å². The zero-order chi connectivity index (χ0) is 10.1. The van der Waals surface area contributed by atoms with Gasteiger partial charge in [-0.3, -0.25) is 0 Å². The van der Waals surface area contributed by atoms with E-state index in [1.807, 2.05) is 0 Å². The van der Waals surface area contributed by atoms with E-state index >= 15 is 0 Å². The van der Waals surface area contributed by atoms with E-state index in [-0.39, 0.29) is 6.10 Å². The summed E-state index contributed by atoms with van der Waals surface area (Å²) in [6.45, 7) is 10.0. The molecule has 2 heteroatoms. The van der Waals surface area contributed by atoms with Gasteiger partial charge in [0.1, 0.15) is 0 Å². The van der Waals surface area contributed by atoms with Gasteiger partial charge < -0.3 is 9.47 Å². The fourth-order valence-corrected chi connectivity index (χ4v) is 0.978. The van der Waals surface area contributed by atoms with E-state index in [1.165, 1.54) is 6.42 Å². The average molecular weight is 188 g/mol. The zero-order valence-electron chi connectivity index (χ0n) is 9.51. The quantitative estimate of drug-likeness (QED) is 0.545. The maximum Gasteiger partial charge on any atom is 0.0806 e. The van der Waals surface area contributed by atoms with Crippen molar-refractivity contribution in [3.8, 4) is 0 Å². The molecule has 0 amide bonds. The number of unbranched alkanes of at least 4 members (excludes halogenated alkanes) is 1. The highest BCUT2D eigenvalue weighted by molar-refractivity contribution is 4.54. The molecule has 0 aliphatic heterocycles. The first-order chi connectivity index (χ1) is 6.20. The Hall–Kier alpha value is -0.0800. The third-order valence-corrected chi connectivity index (χ3v) is 1.92. The molecule has 13 heavy (non-hydrogen) atoms. The maximum atomic E-state index is 5.66. The van der Waals surface area contributed by atoms with Crippen LogP contribution in [0.1, 0.15) is 47.0 Å². The molecule has 80 valence electrons. The molecule has 0 spiro atoms. The smallest absolute Gasteiger partial charge is 0.0806 e. The molecule has 0 saturated heterocycles. The zero-order valence-corrected chi connectivity index (χ0v) is 9.51. The first-order valence-electron chi connectivity index (χ1n) is 5.43. The fourth-order valence-electron chi connectivity index (χ4n) is 0.978. The molecule has 0 aliphatic rings. The lowest BCUT2D eigenvalue weighted by molar-refractivity contribution is -0.0369. The van der Waals surface area contributed by atoms with Gasteiger partial charge in [-0.25, -0.2) is 0 Å². The normalized spacial score (nSPS) is 13.6. The van der Waals surface area contributed by atoms with Gasteiger partial charge in [0.15, 0.2) is 0 Å². The molecule has 1 atom stereocenters. The first-order valence-corrected chi connectivity index (χ1v) is 5.43. The third kappa shape index (κ3) is 8.26. The minimum absolute atomic E-state index is 0.286. The van der Waals surface area contributed by atoms with Gasteiger partial charge in [-0.05, 0) is 26.7 Å². The van der Waals surface area contributed by atoms with Gasteiger partial charge in [-0.15, -0.1) is 0 Å². The maximum absolute atomic E-state index is 5.66. The lowest BCUT2D eigenvalue weighted by Crippen LogP contribution is -2.21. The Morgan fingerprint density at radius 3 is 2.23 bits per heavy atom. The van der Waals surface area contributed by atoms with Crippen LogP contribution < -0.4 is 0 Å². The van der Waals surface area contributed by atoms with Crippen LogP contribution in [0.2, 0.25) is 0 Å². The number of rotatable bonds is 8. The van der Waals surface area contributed by atoms with Crippen LogP contribution in [0, 0.1) is 0 Å². The second-order valence-corrected chi connectivity index (χ2v) is 3.64. The predicted octanol–water partition coefficient (Wildman–Crippen LogP) is 3.01. The molecule has 0 aliphatic carbocycles. The summed E-state index contributed by atoms with van der Waals surface area (Å²) in [4.78, 5) is 0. The molecule has 0 fully saturated rings. The van der Waals surface area contributed by atoms with E-state index in [0.29, 0.717) is 6.10 Å². The molecule has 0 aromatic carbocycles. The Morgan fingerprint density at radius 1 is 1.08 bits per heavy atom. The fraction of sp³-hybridized carbons (Fsp3) is 1.00. The second-order valence-electron chi connectivity index (χ2n) is 3.64. The number of hydrogen-bond donors (Lipinski definition) is 0. The van der Waals surface area contributed by atoms with E-state index < -0.39 is 0 Å². The van der Waals surface area contributed by atoms with E-state index in [0.717, 1.165) is 26.1 Å². The summed E-state index contributed by atoms with van der Waals surface area (Å²) in [5.41, 5.74) is 0. The standard InChI is InChI=1S/C11H24O2/c1-5-7-8-12-11(6-2)9-13-10(3)4/h10-11H,5-9H2,1-4H3. The van der Waals surface area contributed by atoms with Crippen molar-refractivity contribution >= 4 is 0 Å². The van der Waals surface area contributed by atoms with Gasteiger partial charge in [-0.2, -0.15) is 0 Å². The first kappa shape index (κ1) is 12.9. The second kappa shape index (κ2) is 8.52. The Morgan fingerprint density at radius 2 is 1.77 bits per heavy atom. The van der Waals surface area contributed by atoms with Crippen molar-refractivity contribution in [1.29, 1.82) is 0 Å². The van der Waals surface area contributed by atoms with Gasteiger partial charge in [0.25, 0.3) is 0 Å². The van der Waals surface area contributed by atoms with E-state index in [1.54, 1.807) is 0 Å². The highest BCUT2D eigenvalue weighted by atomic mass is 16.5. The van der Waals surface area contributed by atoms with Crippen molar-refractivity contribution in [3.63, 3.8) is 0 Å². The molecule has 0 N–H and O–H groups in total. The van der Waals surface area contributed by atoms with E-state index in [4.69, 9.17) is 9.47 Å². The molecule has 0 rings (SSSR count). The molecular formula is C11H24O2. The Balaban J connectivity index is 3.39. The summed E-state index contributed by atoms with van der Waals surface area (Å²) >= 11 is 0. The van der Waals surface area contributed by atoms with Crippen molar-refractivity contribution in [2.24, 2.45) is 0 Å². The molecule has 0 saturated carbocycles. The topological polar surface area (TPSA) is 18.5 Å². The molecule has 0 radical (unpaired) electrons. The third-order valence-electron chi connectivity index (χ3n) is 1.92. The van der Waals surface area contributed by atoms with Crippen LogP contribution in [-0.2, 0) is 9.47 Å². The van der Waals surface area contributed by atoms with Gasteiger partial charge in [0, 0.05) is 6.61 Å². The molecule has 1 unspecified atom stereocenters. The molecule has 0 aromatic rings. The van der Waals surface area contributed by atoms with Crippen LogP contribution in [0.15, 0.2) is 0 Å². The summed E-state index contributed by atoms with van der Waals surface area (Å²) < 4.78 is 11.2. The van der Waals surface area contributed by atoms with E-state index in [2.05, 4.69) is 27.7 Å². The van der Waals surface area contributed by atoms with E-state index in [9.17, 15) is 0 Å². The highest BCUT2D eigenvalue weighted by Crippen LogP contribution is 2.02. The molecule has 0 aromatic heterocycles. The predicted molar refractivity (Wildman–Crippen MR) is 56.0 cm³/mol. The van der Waals surface area contributed by atoms with Crippen LogP contribution in [0.5, 0.6) is 0 Å². The van der Waals surface area contributed by atoms with Crippen LogP contribution in [0.4, 0.5) is 0 Å². The molecule has 0 bridgehead atoms. The summed E-state index contributed by atoms with van der Waals surface area (Å²) in [6, 6.07) is 0.